The molecule has 18 heavy (non-hydrogen) atoms. The summed E-state index contributed by atoms with van der Waals surface area (Å²) in [6, 6.07) is 7.01. The molecular weight excluding hydrogens is 247 g/mol. The summed E-state index contributed by atoms with van der Waals surface area (Å²) in [5.41, 5.74) is 6.52. The maximum atomic E-state index is 11.8. The second-order valence-electron chi connectivity index (χ2n) is 4.01. The number of hydrogen-bond donors (Lipinski definition) is 1. The topological polar surface area (TPSA) is 44.5 Å². The van der Waals surface area contributed by atoms with E-state index in [9.17, 15) is 13.2 Å². The standard InChI is InChI=1S/C12H16F3NO2/c1-9(16)6-10-4-2-3-5-11(10)18-8-17-7-12(13,14)15/h2-5,9H,6-8,16H2,1H3. The Morgan fingerprint density at radius 1 is 1.28 bits per heavy atom. The van der Waals surface area contributed by atoms with Crippen LogP contribution in [0.5, 0.6) is 5.75 Å². The zero-order valence-corrected chi connectivity index (χ0v) is 10.0. The molecule has 0 aliphatic carbocycles. The summed E-state index contributed by atoms with van der Waals surface area (Å²) >= 11 is 0. The third-order valence-electron chi connectivity index (χ3n) is 2.08. The molecule has 0 aliphatic rings. The Balaban J connectivity index is 2.46. The minimum absolute atomic E-state index is 0.0501. The molecule has 0 radical (unpaired) electrons. The highest BCUT2D eigenvalue weighted by molar-refractivity contribution is 5.33. The van der Waals surface area contributed by atoms with Crippen molar-refractivity contribution in [3.63, 3.8) is 0 Å². The first-order valence-electron chi connectivity index (χ1n) is 5.49. The number of halogens is 3. The molecule has 0 bridgehead atoms. The predicted octanol–water partition coefficient (Wildman–Crippen LogP) is 2.49. The molecule has 2 N–H and O–H groups in total. The van der Waals surface area contributed by atoms with Gasteiger partial charge in [-0.1, -0.05) is 18.2 Å². The van der Waals surface area contributed by atoms with Crippen LogP contribution in [-0.4, -0.2) is 25.6 Å². The van der Waals surface area contributed by atoms with Crippen LogP contribution >= 0.6 is 0 Å². The quantitative estimate of drug-likeness (QED) is 0.633. The van der Waals surface area contributed by atoms with E-state index in [1.54, 1.807) is 12.1 Å². The van der Waals surface area contributed by atoms with E-state index in [0.29, 0.717) is 12.2 Å². The van der Waals surface area contributed by atoms with Gasteiger partial charge in [0.25, 0.3) is 0 Å². The van der Waals surface area contributed by atoms with Crippen molar-refractivity contribution in [2.75, 3.05) is 13.4 Å². The van der Waals surface area contributed by atoms with Crippen LogP contribution in [0.2, 0.25) is 0 Å². The second-order valence-corrected chi connectivity index (χ2v) is 4.01. The number of rotatable bonds is 6. The lowest BCUT2D eigenvalue weighted by molar-refractivity contribution is -0.186. The van der Waals surface area contributed by atoms with Crippen LogP contribution in [-0.2, 0) is 11.2 Å². The minimum atomic E-state index is -4.34. The van der Waals surface area contributed by atoms with Crippen LogP contribution in [0.25, 0.3) is 0 Å². The minimum Gasteiger partial charge on any atom is -0.467 e. The van der Waals surface area contributed by atoms with Crippen LogP contribution < -0.4 is 10.5 Å². The van der Waals surface area contributed by atoms with Crippen molar-refractivity contribution in [1.82, 2.24) is 0 Å². The average molecular weight is 263 g/mol. The van der Waals surface area contributed by atoms with Gasteiger partial charge >= 0.3 is 6.18 Å². The Kier molecular flexibility index (Phi) is 5.43. The van der Waals surface area contributed by atoms with Gasteiger partial charge in [0.1, 0.15) is 12.4 Å². The van der Waals surface area contributed by atoms with E-state index in [2.05, 4.69) is 4.74 Å². The Morgan fingerprint density at radius 3 is 2.56 bits per heavy atom. The molecule has 0 spiro atoms. The molecule has 1 aromatic carbocycles. The van der Waals surface area contributed by atoms with Crippen LogP contribution in [0.4, 0.5) is 13.2 Å². The fourth-order valence-electron chi connectivity index (χ4n) is 1.42. The summed E-state index contributed by atoms with van der Waals surface area (Å²) < 4.78 is 45.0. The van der Waals surface area contributed by atoms with Gasteiger partial charge in [0.2, 0.25) is 0 Å². The Morgan fingerprint density at radius 2 is 1.94 bits per heavy atom. The molecule has 0 heterocycles. The molecule has 0 saturated carbocycles. The summed E-state index contributed by atoms with van der Waals surface area (Å²) in [5, 5.41) is 0. The van der Waals surface area contributed by atoms with Crippen molar-refractivity contribution < 1.29 is 22.6 Å². The molecule has 6 heteroatoms. The van der Waals surface area contributed by atoms with Crippen LogP contribution in [0.3, 0.4) is 0 Å². The molecule has 1 unspecified atom stereocenters. The maximum absolute atomic E-state index is 11.8. The van der Waals surface area contributed by atoms with Gasteiger partial charge in [0, 0.05) is 6.04 Å². The van der Waals surface area contributed by atoms with Crippen LogP contribution in [0.15, 0.2) is 24.3 Å². The lowest BCUT2D eigenvalue weighted by atomic mass is 10.1. The molecule has 3 nitrogen and oxygen atoms in total. The van der Waals surface area contributed by atoms with Gasteiger partial charge in [-0.3, -0.25) is 0 Å². The number of alkyl halides is 3. The van der Waals surface area contributed by atoms with Gasteiger partial charge in [-0.25, -0.2) is 0 Å². The van der Waals surface area contributed by atoms with E-state index in [1.807, 2.05) is 19.1 Å². The zero-order valence-electron chi connectivity index (χ0n) is 10.0. The van der Waals surface area contributed by atoms with Gasteiger partial charge in [-0.15, -0.1) is 0 Å². The summed E-state index contributed by atoms with van der Waals surface area (Å²) in [7, 11) is 0. The highest BCUT2D eigenvalue weighted by Crippen LogP contribution is 2.20. The van der Waals surface area contributed by atoms with Crippen molar-refractivity contribution in [2.45, 2.75) is 25.6 Å². The highest BCUT2D eigenvalue weighted by Gasteiger charge is 2.27. The van der Waals surface area contributed by atoms with E-state index < -0.39 is 19.6 Å². The number of ether oxygens (including phenoxy) is 2. The van der Waals surface area contributed by atoms with Gasteiger partial charge < -0.3 is 15.2 Å². The maximum Gasteiger partial charge on any atom is 0.411 e. The number of nitrogens with two attached hydrogens (primary N) is 1. The smallest absolute Gasteiger partial charge is 0.411 e. The Hall–Kier alpha value is -1.27. The summed E-state index contributed by atoms with van der Waals surface area (Å²) in [6.45, 7) is 0.0921. The van der Waals surface area contributed by atoms with Gasteiger partial charge in [0.15, 0.2) is 6.79 Å². The van der Waals surface area contributed by atoms with E-state index in [4.69, 9.17) is 10.5 Å². The molecule has 0 aliphatic heterocycles. The first-order valence-corrected chi connectivity index (χ1v) is 5.49. The Labute approximate surface area is 104 Å². The van der Waals surface area contributed by atoms with Crippen molar-refractivity contribution in [3.05, 3.63) is 29.8 Å². The monoisotopic (exact) mass is 263 g/mol. The van der Waals surface area contributed by atoms with Crippen molar-refractivity contribution >= 4 is 0 Å². The molecule has 0 fully saturated rings. The SMILES string of the molecule is CC(N)Cc1ccccc1OCOCC(F)(F)F. The number of benzene rings is 1. The van der Waals surface area contributed by atoms with Crippen LogP contribution in [0.1, 0.15) is 12.5 Å². The van der Waals surface area contributed by atoms with Gasteiger partial charge in [-0.2, -0.15) is 13.2 Å². The van der Waals surface area contributed by atoms with Crippen molar-refractivity contribution in [1.29, 1.82) is 0 Å². The van der Waals surface area contributed by atoms with E-state index in [-0.39, 0.29) is 6.04 Å². The van der Waals surface area contributed by atoms with Crippen LogP contribution in [0, 0.1) is 0 Å². The molecule has 0 aromatic heterocycles. The van der Waals surface area contributed by atoms with Gasteiger partial charge in [0.05, 0.1) is 0 Å². The fraction of sp³-hybridized carbons (Fsp3) is 0.500. The average Bonchev–Trinajstić information content (AvgIpc) is 2.24. The van der Waals surface area contributed by atoms with Crippen molar-refractivity contribution in [3.8, 4) is 5.75 Å². The largest absolute Gasteiger partial charge is 0.467 e. The van der Waals surface area contributed by atoms with E-state index in [0.717, 1.165) is 5.56 Å². The third kappa shape index (κ3) is 5.88. The molecule has 0 saturated heterocycles. The fourth-order valence-corrected chi connectivity index (χ4v) is 1.42. The normalized spacial score (nSPS) is 13.4. The molecular formula is C12H16F3NO2. The third-order valence-corrected chi connectivity index (χ3v) is 2.08. The molecule has 102 valence electrons. The van der Waals surface area contributed by atoms with E-state index in [1.165, 1.54) is 0 Å². The molecule has 1 atom stereocenters. The highest BCUT2D eigenvalue weighted by atomic mass is 19.4. The van der Waals surface area contributed by atoms with Crippen molar-refractivity contribution in [2.24, 2.45) is 5.73 Å². The first kappa shape index (κ1) is 14.8. The van der Waals surface area contributed by atoms with Gasteiger partial charge in [-0.05, 0) is 25.0 Å². The lowest BCUT2D eigenvalue weighted by Gasteiger charge is -2.13. The summed E-state index contributed by atoms with van der Waals surface area (Å²) in [4.78, 5) is 0. The molecule has 0 amide bonds. The van der Waals surface area contributed by atoms with E-state index >= 15 is 0 Å². The molecule has 1 rings (SSSR count). The zero-order chi connectivity index (χ0) is 13.6. The summed E-state index contributed by atoms with van der Waals surface area (Å²) in [5.74, 6) is 0.497. The second kappa shape index (κ2) is 6.61. The molecule has 1 aromatic rings. The number of hydrogen-bond acceptors (Lipinski definition) is 3. The number of para-hydroxylation sites is 1. The predicted molar refractivity (Wildman–Crippen MR) is 61.3 cm³/mol. The summed E-state index contributed by atoms with van der Waals surface area (Å²) in [6.07, 6.45) is -3.75. The Bertz CT molecular complexity index is 367. The lowest BCUT2D eigenvalue weighted by Crippen LogP contribution is -2.20. The first-order chi connectivity index (χ1) is 8.38.